The number of hydrogen-bond donors (Lipinski definition) is 2. The van der Waals surface area contributed by atoms with Crippen LogP contribution >= 0.6 is 0 Å². The van der Waals surface area contributed by atoms with E-state index in [0.29, 0.717) is 12.8 Å². The number of sulfone groups is 1. The molecule has 2 rings (SSSR count). The minimum absolute atomic E-state index is 0.0424. The first kappa shape index (κ1) is 13.8. The molecule has 6 nitrogen and oxygen atoms in total. The minimum Gasteiger partial charge on any atom is -0.349 e. The van der Waals surface area contributed by atoms with Crippen molar-refractivity contribution in [2.45, 2.75) is 32.7 Å². The minimum atomic E-state index is -3.12. The number of carbonyl (C=O) groups excluding carboxylic acids is 1. The van der Waals surface area contributed by atoms with Crippen LogP contribution in [-0.4, -0.2) is 36.3 Å². The van der Waals surface area contributed by atoms with Gasteiger partial charge in [-0.25, -0.2) is 8.42 Å². The highest BCUT2D eigenvalue weighted by Gasteiger charge is 2.22. The van der Waals surface area contributed by atoms with Crippen LogP contribution in [0.3, 0.4) is 0 Å². The molecule has 0 saturated carbocycles. The van der Waals surface area contributed by atoms with Gasteiger partial charge in [0.2, 0.25) is 5.91 Å². The molecular weight excluding hydrogens is 266 g/mol. The van der Waals surface area contributed by atoms with E-state index in [1.165, 1.54) is 6.08 Å². The largest absolute Gasteiger partial charge is 0.349 e. The molecule has 19 heavy (non-hydrogen) atoms. The smallest absolute Gasteiger partial charge is 0.220 e. The highest BCUT2D eigenvalue weighted by molar-refractivity contribution is 7.94. The first-order valence-corrected chi connectivity index (χ1v) is 7.80. The molecule has 1 atom stereocenters. The van der Waals surface area contributed by atoms with Crippen LogP contribution in [0.5, 0.6) is 0 Å². The molecule has 1 aliphatic rings. The maximum atomic E-state index is 11.7. The molecule has 0 saturated heterocycles. The van der Waals surface area contributed by atoms with Gasteiger partial charge in [0, 0.05) is 23.9 Å². The van der Waals surface area contributed by atoms with E-state index in [0.717, 1.165) is 22.4 Å². The van der Waals surface area contributed by atoms with E-state index in [2.05, 4.69) is 15.5 Å². The number of carbonyl (C=O) groups is 1. The van der Waals surface area contributed by atoms with Crippen molar-refractivity contribution in [3.05, 3.63) is 28.4 Å². The van der Waals surface area contributed by atoms with Crippen molar-refractivity contribution in [2.75, 3.05) is 5.75 Å². The summed E-state index contributed by atoms with van der Waals surface area (Å²) in [4.78, 5) is 11.7. The molecule has 1 aromatic rings. The molecule has 0 radical (unpaired) electrons. The molecular formula is C12H17N3O3S. The molecule has 1 aromatic heterocycles. The van der Waals surface area contributed by atoms with Crippen molar-refractivity contribution < 1.29 is 13.2 Å². The summed E-state index contributed by atoms with van der Waals surface area (Å²) in [5.41, 5.74) is 2.94. The van der Waals surface area contributed by atoms with Gasteiger partial charge < -0.3 is 5.32 Å². The quantitative estimate of drug-likeness (QED) is 0.836. The number of nitrogens with one attached hydrogen (secondary N) is 2. The summed E-state index contributed by atoms with van der Waals surface area (Å²) in [6.45, 7) is 3.89. The lowest BCUT2D eigenvalue weighted by Crippen LogP contribution is -2.35. The van der Waals surface area contributed by atoms with E-state index >= 15 is 0 Å². The summed E-state index contributed by atoms with van der Waals surface area (Å²) in [7, 11) is -3.12. The lowest BCUT2D eigenvalue weighted by atomic mass is 10.1. The number of hydrogen-bond acceptors (Lipinski definition) is 4. The summed E-state index contributed by atoms with van der Waals surface area (Å²) in [5.74, 6) is -0.203. The molecule has 104 valence electrons. The molecule has 1 unspecified atom stereocenters. The summed E-state index contributed by atoms with van der Waals surface area (Å²) in [6.07, 6.45) is 2.36. The Hall–Kier alpha value is -1.63. The fraction of sp³-hybridized carbons (Fsp3) is 0.500. The van der Waals surface area contributed by atoms with Gasteiger partial charge >= 0.3 is 0 Å². The van der Waals surface area contributed by atoms with Gasteiger partial charge in [0.15, 0.2) is 9.84 Å². The second kappa shape index (κ2) is 5.16. The van der Waals surface area contributed by atoms with Crippen LogP contribution in [0.1, 0.15) is 23.4 Å². The van der Waals surface area contributed by atoms with Crippen LogP contribution in [0.25, 0.3) is 0 Å². The number of amides is 1. The molecule has 0 fully saturated rings. The van der Waals surface area contributed by atoms with E-state index < -0.39 is 15.9 Å². The maximum Gasteiger partial charge on any atom is 0.220 e. The Morgan fingerprint density at radius 1 is 1.53 bits per heavy atom. The van der Waals surface area contributed by atoms with E-state index in [1.54, 1.807) is 0 Å². The van der Waals surface area contributed by atoms with Crippen molar-refractivity contribution in [1.29, 1.82) is 0 Å². The molecule has 1 amide bonds. The number of nitrogens with zero attached hydrogens (tertiary/aromatic N) is 1. The number of rotatable bonds is 4. The Kier molecular flexibility index (Phi) is 3.75. The van der Waals surface area contributed by atoms with Gasteiger partial charge in [0.25, 0.3) is 0 Å². The zero-order valence-corrected chi connectivity index (χ0v) is 11.8. The van der Waals surface area contributed by atoms with Gasteiger partial charge in [0.05, 0.1) is 17.5 Å². The fourth-order valence-corrected chi connectivity index (χ4v) is 3.19. The third kappa shape index (κ3) is 3.44. The lowest BCUT2D eigenvalue weighted by molar-refractivity contribution is -0.121. The van der Waals surface area contributed by atoms with E-state index in [-0.39, 0.29) is 11.7 Å². The summed E-state index contributed by atoms with van der Waals surface area (Å²) < 4.78 is 22.4. The number of aromatic amines is 1. The van der Waals surface area contributed by atoms with Crippen LogP contribution in [0, 0.1) is 13.8 Å². The van der Waals surface area contributed by atoms with Gasteiger partial charge in [0.1, 0.15) is 0 Å². The average molecular weight is 283 g/mol. The lowest BCUT2D eigenvalue weighted by Gasteiger charge is -2.09. The summed E-state index contributed by atoms with van der Waals surface area (Å²) in [5, 5.41) is 10.8. The average Bonchev–Trinajstić information content (AvgIpc) is 2.82. The second-order valence-corrected chi connectivity index (χ2v) is 6.68. The monoisotopic (exact) mass is 283 g/mol. The van der Waals surface area contributed by atoms with E-state index in [1.807, 2.05) is 13.8 Å². The van der Waals surface area contributed by atoms with Gasteiger partial charge in [-0.1, -0.05) is 0 Å². The SMILES string of the molecule is Cc1[nH]nc(CCC(=O)NC2C=CS(=O)(=O)C2)c1C. The molecule has 0 bridgehead atoms. The standard InChI is InChI=1S/C12H17N3O3S/c1-8-9(2)14-15-11(8)3-4-12(16)13-10-5-6-19(17,18)7-10/h5-6,10H,3-4,7H2,1-2H3,(H,13,16)(H,14,15). The van der Waals surface area contributed by atoms with Crippen LogP contribution in [0.4, 0.5) is 0 Å². The molecule has 7 heteroatoms. The van der Waals surface area contributed by atoms with Gasteiger partial charge in [-0.3, -0.25) is 9.89 Å². The first-order chi connectivity index (χ1) is 8.87. The summed E-state index contributed by atoms with van der Waals surface area (Å²) >= 11 is 0. The molecule has 2 N–H and O–H groups in total. The molecule has 0 spiro atoms. The zero-order chi connectivity index (χ0) is 14.0. The topological polar surface area (TPSA) is 91.9 Å². The van der Waals surface area contributed by atoms with Gasteiger partial charge in [-0.15, -0.1) is 0 Å². The molecule has 0 aliphatic carbocycles. The Morgan fingerprint density at radius 3 is 2.79 bits per heavy atom. The van der Waals surface area contributed by atoms with Gasteiger partial charge in [-0.05, 0) is 25.5 Å². The van der Waals surface area contributed by atoms with Crippen molar-refractivity contribution in [2.24, 2.45) is 0 Å². The van der Waals surface area contributed by atoms with E-state index in [9.17, 15) is 13.2 Å². The highest BCUT2D eigenvalue weighted by Crippen LogP contribution is 2.11. The van der Waals surface area contributed by atoms with Crippen molar-refractivity contribution in [3.63, 3.8) is 0 Å². The van der Waals surface area contributed by atoms with Crippen LogP contribution in [-0.2, 0) is 21.1 Å². The predicted molar refractivity (Wildman–Crippen MR) is 71.2 cm³/mol. The first-order valence-electron chi connectivity index (χ1n) is 6.08. The van der Waals surface area contributed by atoms with Crippen LogP contribution in [0.2, 0.25) is 0 Å². The Morgan fingerprint density at radius 2 is 2.26 bits per heavy atom. The number of aromatic nitrogens is 2. The fourth-order valence-electron chi connectivity index (χ4n) is 1.96. The highest BCUT2D eigenvalue weighted by atomic mass is 32.2. The Balaban J connectivity index is 1.83. The van der Waals surface area contributed by atoms with Crippen LogP contribution in [0.15, 0.2) is 11.5 Å². The summed E-state index contributed by atoms with van der Waals surface area (Å²) in [6, 6.07) is -0.403. The van der Waals surface area contributed by atoms with Crippen molar-refractivity contribution in [1.82, 2.24) is 15.5 Å². The van der Waals surface area contributed by atoms with Crippen LogP contribution < -0.4 is 5.32 Å². The second-order valence-electron chi connectivity index (χ2n) is 4.75. The normalized spacial score (nSPS) is 20.6. The Bertz CT molecular complexity index is 616. The molecule has 2 heterocycles. The molecule has 0 aromatic carbocycles. The number of H-pyrrole nitrogens is 1. The van der Waals surface area contributed by atoms with Gasteiger partial charge in [-0.2, -0.15) is 5.10 Å². The number of aryl methyl sites for hydroxylation is 2. The molecule has 1 aliphatic heterocycles. The maximum absolute atomic E-state index is 11.7. The Labute approximate surface area is 112 Å². The van der Waals surface area contributed by atoms with Crippen molar-refractivity contribution >= 4 is 15.7 Å². The third-order valence-electron chi connectivity index (χ3n) is 3.22. The third-order valence-corrected chi connectivity index (χ3v) is 4.61. The van der Waals surface area contributed by atoms with E-state index in [4.69, 9.17) is 0 Å². The predicted octanol–water partition coefficient (Wildman–Crippen LogP) is 0.386. The van der Waals surface area contributed by atoms with Crippen molar-refractivity contribution in [3.8, 4) is 0 Å². The zero-order valence-electron chi connectivity index (χ0n) is 10.9.